The first-order valence-corrected chi connectivity index (χ1v) is 11.3. The Labute approximate surface area is 181 Å². The van der Waals surface area contributed by atoms with Gasteiger partial charge in [0.1, 0.15) is 18.7 Å². The third-order valence-corrected chi connectivity index (χ3v) is 6.48. The molecule has 158 valence electrons. The topological polar surface area (TPSA) is 70.4 Å². The highest BCUT2D eigenvalue weighted by atomic mass is 32.1. The molecule has 1 atom stereocenters. The summed E-state index contributed by atoms with van der Waals surface area (Å²) in [5.41, 5.74) is 2.79. The van der Waals surface area contributed by atoms with Gasteiger partial charge in [0.15, 0.2) is 5.96 Å². The van der Waals surface area contributed by atoms with Gasteiger partial charge in [0.05, 0.1) is 6.04 Å². The molecule has 1 aromatic carbocycles. The summed E-state index contributed by atoms with van der Waals surface area (Å²) in [6, 6.07) is 13.3. The monoisotopic (exact) mass is 423 g/mol. The number of hydrogen-bond acceptors (Lipinski definition) is 5. The van der Waals surface area contributed by atoms with Gasteiger partial charge in [-0.1, -0.05) is 30.3 Å². The molecule has 0 fully saturated rings. The Morgan fingerprint density at radius 2 is 2.10 bits per heavy atom. The Hall–Kier alpha value is -2.71. The minimum Gasteiger partial charge on any atom is -0.357 e. The average Bonchev–Trinajstić information content (AvgIpc) is 3.41. The molecule has 4 rings (SSSR count). The molecule has 0 bridgehead atoms. The molecule has 2 N–H and O–H groups in total. The fraction of sp³-hybridized carbons (Fsp3) is 0.409. The minimum atomic E-state index is 0.276. The Kier molecular flexibility index (Phi) is 6.76. The van der Waals surface area contributed by atoms with Crippen molar-refractivity contribution in [3.05, 3.63) is 69.9 Å². The number of aromatic nitrogens is 3. The first-order chi connectivity index (χ1) is 14.7. The summed E-state index contributed by atoms with van der Waals surface area (Å²) in [5, 5.41) is 13.2. The second-order valence-electron chi connectivity index (χ2n) is 7.39. The highest BCUT2D eigenvalue weighted by Gasteiger charge is 2.25. The van der Waals surface area contributed by atoms with Gasteiger partial charge in [-0.25, -0.2) is 9.98 Å². The molecule has 1 aliphatic heterocycles. The van der Waals surface area contributed by atoms with Crippen molar-refractivity contribution in [2.24, 2.45) is 12.0 Å². The second-order valence-corrected chi connectivity index (χ2v) is 8.39. The summed E-state index contributed by atoms with van der Waals surface area (Å²) in [6.45, 7) is 6.23. The highest BCUT2D eigenvalue weighted by Crippen LogP contribution is 2.30. The van der Waals surface area contributed by atoms with E-state index in [-0.39, 0.29) is 6.04 Å². The normalized spacial score (nSPS) is 15.6. The summed E-state index contributed by atoms with van der Waals surface area (Å²) in [7, 11) is 1.89. The number of hydrogen-bond donors (Lipinski definition) is 2. The van der Waals surface area contributed by atoms with Crippen LogP contribution in [-0.4, -0.2) is 45.3 Å². The molecule has 3 aromatic rings. The highest BCUT2D eigenvalue weighted by molar-refractivity contribution is 7.10. The van der Waals surface area contributed by atoms with Crippen LogP contribution in [0.2, 0.25) is 0 Å². The molecular weight excluding hydrogens is 394 g/mol. The maximum atomic E-state index is 4.71. The molecule has 0 radical (unpaired) electrons. The van der Waals surface area contributed by atoms with E-state index < -0.39 is 0 Å². The summed E-state index contributed by atoms with van der Waals surface area (Å²) in [6.07, 6.45) is 2.68. The number of fused-ring (bicyclic) bond motifs is 1. The minimum absolute atomic E-state index is 0.276. The van der Waals surface area contributed by atoms with Gasteiger partial charge in [0, 0.05) is 38.1 Å². The van der Waals surface area contributed by atoms with Gasteiger partial charge in [-0.15, -0.1) is 11.3 Å². The van der Waals surface area contributed by atoms with Crippen LogP contribution in [0, 0.1) is 0 Å². The zero-order valence-electron chi connectivity index (χ0n) is 17.6. The van der Waals surface area contributed by atoms with Crippen molar-refractivity contribution in [3.8, 4) is 0 Å². The molecule has 1 unspecified atom stereocenters. The molecule has 3 heterocycles. The van der Waals surface area contributed by atoms with Gasteiger partial charge < -0.3 is 10.6 Å². The largest absolute Gasteiger partial charge is 0.357 e. The first-order valence-electron chi connectivity index (χ1n) is 10.4. The van der Waals surface area contributed by atoms with E-state index in [4.69, 9.17) is 4.99 Å². The summed E-state index contributed by atoms with van der Waals surface area (Å²) >= 11 is 1.88. The van der Waals surface area contributed by atoms with E-state index in [0.29, 0.717) is 6.54 Å². The number of thiophene rings is 1. The van der Waals surface area contributed by atoms with Crippen LogP contribution in [0.1, 0.15) is 34.8 Å². The van der Waals surface area contributed by atoms with Crippen LogP contribution in [0.4, 0.5) is 0 Å². The van der Waals surface area contributed by atoms with Crippen molar-refractivity contribution in [2.75, 3.05) is 19.6 Å². The van der Waals surface area contributed by atoms with E-state index >= 15 is 0 Å². The molecule has 7 nitrogen and oxygen atoms in total. The zero-order valence-corrected chi connectivity index (χ0v) is 18.4. The van der Waals surface area contributed by atoms with Crippen LogP contribution in [0.5, 0.6) is 0 Å². The molecule has 0 saturated heterocycles. The van der Waals surface area contributed by atoms with Gasteiger partial charge in [0.2, 0.25) is 0 Å². The first kappa shape index (κ1) is 20.6. The van der Waals surface area contributed by atoms with Crippen LogP contribution in [0.25, 0.3) is 0 Å². The van der Waals surface area contributed by atoms with Crippen LogP contribution in [0.15, 0.2) is 53.1 Å². The van der Waals surface area contributed by atoms with E-state index in [2.05, 4.69) is 74.3 Å². The van der Waals surface area contributed by atoms with Crippen LogP contribution < -0.4 is 10.6 Å². The van der Waals surface area contributed by atoms with Crippen molar-refractivity contribution in [1.82, 2.24) is 30.3 Å². The van der Waals surface area contributed by atoms with Crippen molar-refractivity contribution in [3.63, 3.8) is 0 Å². The Balaban J connectivity index is 1.49. The SMILES string of the molecule is CCNC(=NCc1ncnn1C)NCC(c1ccccc1)N1CCc2sccc2C1. The molecule has 2 aromatic heterocycles. The predicted octanol–water partition coefficient (Wildman–Crippen LogP) is 2.73. The van der Waals surface area contributed by atoms with Crippen molar-refractivity contribution >= 4 is 17.3 Å². The lowest BCUT2D eigenvalue weighted by atomic mass is 10.0. The number of aryl methyl sites for hydroxylation is 1. The quantitative estimate of drug-likeness (QED) is 0.452. The van der Waals surface area contributed by atoms with Crippen molar-refractivity contribution < 1.29 is 0 Å². The molecular formula is C22H29N7S. The molecule has 0 saturated carbocycles. The molecule has 1 aliphatic rings. The van der Waals surface area contributed by atoms with Crippen LogP contribution in [-0.2, 0) is 26.6 Å². The smallest absolute Gasteiger partial charge is 0.191 e. The third-order valence-electron chi connectivity index (χ3n) is 5.45. The van der Waals surface area contributed by atoms with Gasteiger partial charge >= 0.3 is 0 Å². The number of aliphatic imine (C=N–C) groups is 1. The number of guanidine groups is 1. The maximum absolute atomic E-state index is 4.71. The third kappa shape index (κ3) is 4.88. The Bertz CT molecular complexity index is 963. The molecule has 0 spiro atoms. The zero-order chi connectivity index (χ0) is 20.8. The van der Waals surface area contributed by atoms with E-state index in [1.165, 1.54) is 16.0 Å². The van der Waals surface area contributed by atoms with Gasteiger partial charge in [-0.2, -0.15) is 5.10 Å². The maximum Gasteiger partial charge on any atom is 0.191 e. The average molecular weight is 424 g/mol. The Morgan fingerprint density at radius 3 is 2.87 bits per heavy atom. The van der Waals surface area contributed by atoms with Crippen molar-refractivity contribution in [2.45, 2.75) is 32.5 Å². The fourth-order valence-electron chi connectivity index (χ4n) is 3.82. The van der Waals surface area contributed by atoms with Gasteiger partial charge in [0.25, 0.3) is 0 Å². The fourth-order valence-corrected chi connectivity index (χ4v) is 4.71. The van der Waals surface area contributed by atoms with Crippen molar-refractivity contribution in [1.29, 1.82) is 0 Å². The molecule has 30 heavy (non-hydrogen) atoms. The van der Waals surface area contributed by atoms with Crippen LogP contribution >= 0.6 is 11.3 Å². The lowest BCUT2D eigenvalue weighted by Gasteiger charge is -2.35. The number of benzene rings is 1. The van der Waals surface area contributed by atoms with Gasteiger partial charge in [-0.05, 0) is 35.9 Å². The summed E-state index contributed by atoms with van der Waals surface area (Å²) in [5.74, 6) is 1.64. The second kappa shape index (κ2) is 9.86. The number of rotatable bonds is 7. The standard InChI is InChI=1S/C22H29N7S/c1-3-23-22(25-14-21-26-16-27-28(21)2)24-13-19(17-7-5-4-6-8-17)29-11-9-20-18(15-29)10-12-30-20/h4-8,10,12,16,19H,3,9,11,13-15H2,1-2H3,(H2,23,24,25). The van der Waals surface area contributed by atoms with Crippen LogP contribution in [0.3, 0.4) is 0 Å². The number of nitrogens with zero attached hydrogens (tertiary/aromatic N) is 5. The lowest BCUT2D eigenvalue weighted by Crippen LogP contribution is -2.44. The molecule has 0 amide bonds. The predicted molar refractivity (Wildman–Crippen MR) is 121 cm³/mol. The molecule has 0 aliphatic carbocycles. The van der Waals surface area contributed by atoms with E-state index in [1.54, 1.807) is 11.0 Å². The van der Waals surface area contributed by atoms with Gasteiger partial charge in [-0.3, -0.25) is 9.58 Å². The summed E-state index contributed by atoms with van der Waals surface area (Å²) < 4.78 is 1.76. The van der Waals surface area contributed by atoms with E-state index in [9.17, 15) is 0 Å². The van der Waals surface area contributed by atoms with E-state index in [0.717, 1.165) is 44.4 Å². The van der Waals surface area contributed by atoms with E-state index in [1.807, 2.05) is 18.4 Å². The lowest BCUT2D eigenvalue weighted by molar-refractivity contribution is 0.181. The Morgan fingerprint density at radius 1 is 1.23 bits per heavy atom. The number of nitrogens with one attached hydrogen (secondary N) is 2. The molecule has 8 heteroatoms. The summed E-state index contributed by atoms with van der Waals surface area (Å²) in [4.78, 5) is 13.1.